The van der Waals surface area contributed by atoms with Crippen molar-refractivity contribution in [2.45, 2.75) is 38.2 Å². The standard InChI is InChI=1S/C16H22O4/c1-3-20-15(17)12-8-10-16(18,11-9-12)13-6-4-5-7-14(13)19-2/h4-7,12,18H,3,8-11H2,1-2H3. The van der Waals surface area contributed by atoms with Crippen molar-refractivity contribution in [3.8, 4) is 5.75 Å². The van der Waals surface area contributed by atoms with E-state index in [0.717, 1.165) is 5.56 Å². The number of carbonyl (C=O) groups excluding carboxylic acids is 1. The van der Waals surface area contributed by atoms with Gasteiger partial charge in [-0.05, 0) is 38.7 Å². The molecule has 4 nitrogen and oxygen atoms in total. The normalized spacial score (nSPS) is 26.1. The maximum atomic E-state index is 11.7. The van der Waals surface area contributed by atoms with Gasteiger partial charge < -0.3 is 14.6 Å². The van der Waals surface area contributed by atoms with Gasteiger partial charge in [0.2, 0.25) is 0 Å². The van der Waals surface area contributed by atoms with Crippen molar-refractivity contribution in [1.29, 1.82) is 0 Å². The summed E-state index contributed by atoms with van der Waals surface area (Å²) in [6.45, 7) is 2.22. The Hall–Kier alpha value is -1.55. The van der Waals surface area contributed by atoms with Crippen molar-refractivity contribution in [2.24, 2.45) is 5.92 Å². The molecule has 0 amide bonds. The second-order valence-electron chi connectivity index (χ2n) is 5.26. The van der Waals surface area contributed by atoms with Crippen molar-refractivity contribution in [2.75, 3.05) is 13.7 Å². The number of aliphatic hydroxyl groups is 1. The van der Waals surface area contributed by atoms with Gasteiger partial charge in [-0.15, -0.1) is 0 Å². The van der Waals surface area contributed by atoms with E-state index in [9.17, 15) is 9.90 Å². The van der Waals surface area contributed by atoms with Crippen LogP contribution in [-0.4, -0.2) is 24.8 Å². The predicted molar refractivity (Wildman–Crippen MR) is 75.5 cm³/mol. The SMILES string of the molecule is CCOC(=O)C1CCC(O)(c2ccccc2OC)CC1. The van der Waals surface area contributed by atoms with Crippen LogP contribution in [0.1, 0.15) is 38.2 Å². The first-order chi connectivity index (χ1) is 9.60. The van der Waals surface area contributed by atoms with Crippen LogP contribution in [0.3, 0.4) is 0 Å². The van der Waals surface area contributed by atoms with Crippen molar-refractivity contribution < 1.29 is 19.4 Å². The van der Waals surface area contributed by atoms with E-state index in [1.165, 1.54) is 0 Å². The highest BCUT2D eigenvalue weighted by molar-refractivity contribution is 5.72. The molecule has 1 N–H and O–H groups in total. The summed E-state index contributed by atoms with van der Waals surface area (Å²) in [5, 5.41) is 10.9. The fourth-order valence-electron chi connectivity index (χ4n) is 2.89. The predicted octanol–water partition coefficient (Wildman–Crippen LogP) is 2.64. The zero-order valence-electron chi connectivity index (χ0n) is 12.1. The molecule has 0 atom stereocenters. The first-order valence-electron chi connectivity index (χ1n) is 7.13. The summed E-state index contributed by atoms with van der Waals surface area (Å²) < 4.78 is 10.4. The smallest absolute Gasteiger partial charge is 0.308 e. The van der Waals surface area contributed by atoms with E-state index >= 15 is 0 Å². The Balaban J connectivity index is 2.09. The van der Waals surface area contributed by atoms with Crippen LogP contribution in [0, 0.1) is 5.92 Å². The van der Waals surface area contributed by atoms with E-state index in [0.29, 0.717) is 38.0 Å². The Morgan fingerprint density at radius 3 is 2.60 bits per heavy atom. The molecule has 1 fully saturated rings. The molecule has 0 heterocycles. The van der Waals surface area contributed by atoms with Gasteiger partial charge >= 0.3 is 5.97 Å². The average molecular weight is 278 g/mol. The molecule has 1 aromatic carbocycles. The number of carbonyl (C=O) groups is 1. The minimum atomic E-state index is -0.907. The molecule has 0 spiro atoms. The quantitative estimate of drug-likeness (QED) is 0.860. The largest absolute Gasteiger partial charge is 0.496 e. The molecule has 1 aromatic rings. The van der Waals surface area contributed by atoms with Crippen LogP contribution >= 0.6 is 0 Å². The molecule has 0 radical (unpaired) electrons. The van der Waals surface area contributed by atoms with Gasteiger partial charge in [0.05, 0.1) is 25.2 Å². The Labute approximate surface area is 119 Å². The van der Waals surface area contributed by atoms with Gasteiger partial charge in [0.1, 0.15) is 5.75 Å². The third-order valence-corrected chi connectivity index (χ3v) is 4.04. The molecule has 0 unspecified atom stereocenters. The molecule has 2 rings (SSSR count). The summed E-state index contributed by atoms with van der Waals surface area (Å²) >= 11 is 0. The summed E-state index contributed by atoms with van der Waals surface area (Å²) in [5.41, 5.74) is -0.0971. The number of hydrogen-bond acceptors (Lipinski definition) is 4. The molecule has 20 heavy (non-hydrogen) atoms. The minimum absolute atomic E-state index is 0.0927. The van der Waals surface area contributed by atoms with Gasteiger partial charge in [-0.1, -0.05) is 18.2 Å². The monoisotopic (exact) mass is 278 g/mol. The summed E-state index contributed by atoms with van der Waals surface area (Å²) in [5.74, 6) is 0.462. The van der Waals surface area contributed by atoms with Crippen molar-refractivity contribution in [3.05, 3.63) is 29.8 Å². The lowest BCUT2D eigenvalue weighted by Gasteiger charge is -2.36. The number of esters is 1. The zero-order chi connectivity index (χ0) is 14.6. The number of methoxy groups -OCH3 is 1. The molecule has 0 bridgehead atoms. The molecular formula is C16H22O4. The van der Waals surface area contributed by atoms with Crippen LogP contribution in [0.5, 0.6) is 5.75 Å². The molecule has 1 saturated carbocycles. The van der Waals surface area contributed by atoms with Gasteiger partial charge in [0.15, 0.2) is 0 Å². The Morgan fingerprint density at radius 1 is 1.35 bits per heavy atom. The van der Waals surface area contributed by atoms with E-state index in [1.54, 1.807) is 7.11 Å². The van der Waals surface area contributed by atoms with E-state index in [1.807, 2.05) is 31.2 Å². The Bertz CT molecular complexity index is 461. The fraction of sp³-hybridized carbons (Fsp3) is 0.562. The number of hydrogen-bond donors (Lipinski definition) is 1. The van der Waals surface area contributed by atoms with Crippen LogP contribution in [0.2, 0.25) is 0 Å². The molecule has 0 saturated heterocycles. The minimum Gasteiger partial charge on any atom is -0.496 e. The highest BCUT2D eigenvalue weighted by Crippen LogP contribution is 2.43. The number of rotatable bonds is 4. The number of para-hydroxylation sites is 1. The molecule has 110 valence electrons. The molecule has 1 aliphatic carbocycles. The van der Waals surface area contributed by atoms with Crippen LogP contribution in [0.25, 0.3) is 0 Å². The van der Waals surface area contributed by atoms with Crippen LogP contribution in [0.15, 0.2) is 24.3 Å². The summed E-state index contributed by atoms with van der Waals surface area (Å²) in [6, 6.07) is 7.53. The van der Waals surface area contributed by atoms with Crippen LogP contribution in [0.4, 0.5) is 0 Å². The average Bonchev–Trinajstić information content (AvgIpc) is 2.48. The van der Waals surface area contributed by atoms with E-state index in [4.69, 9.17) is 9.47 Å². The highest BCUT2D eigenvalue weighted by Gasteiger charge is 2.39. The van der Waals surface area contributed by atoms with Gasteiger partial charge in [0.25, 0.3) is 0 Å². The van der Waals surface area contributed by atoms with Gasteiger partial charge in [-0.2, -0.15) is 0 Å². The van der Waals surface area contributed by atoms with Gasteiger partial charge in [-0.25, -0.2) is 0 Å². The first-order valence-corrected chi connectivity index (χ1v) is 7.13. The van der Waals surface area contributed by atoms with E-state index in [-0.39, 0.29) is 11.9 Å². The summed E-state index contributed by atoms with van der Waals surface area (Å²) in [6.07, 6.45) is 2.40. The first kappa shape index (κ1) is 14.9. The summed E-state index contributed by atoms with van der Waals surface area (Å²) in [4.78, 5) is 11.7. The van der Waals surface area contributed by atoms with Gasteiger partial charge in [0, 0.05) is 5.56 Å². The Kier molecular flexibility index (Phi) is 4.65. The third-order valence-electron chi connectivity index (χ3n) is 4.04. The second-order valence-corrected chi connectivity index (χ2v) is 5.26. The lowest BCUT2D eigenvalue weighted by atomic mass is 9.75. The lowest BCUT2D eigenvalue weighted by Crippen LogP contribution is -2.34. The Morgan fingerprint density at radius 2 is 2.00 bits per heavy atom. The lowest BCUT2D eigenvalue weighted by molar-refractivity contribution is -0.151. The summed E-state index contributed by atoms with van der Waals surface area (Å²) in [7, 11) is 1.60. The molecule has 1 aliphatic rings. The fourth-order valence-corrected chi connectivity index (χ4v) is 2.89. The van der Waals surface area contributed by atoms with Crippen LogP contribution < -0.4 is 4.74 Å². The van der Waals surface area contributed by atoms with Crippen molar-refractivity contribution >= 4 is 5.97 Å². The molecular weight excluding hydrogens is 256 g/mol. The topological polar surface area (TPSA) is 55.8 Å². The number of ether oxygens (including phenoxy) is 2. The second kappa shape index (κ2) is 6.27. The highest BCUT2D eigenvalue weighted by atomic mass is 16.5. The van der Waals surface area contributed by atoms with Gasteiger partial charge in [-0.3, -0.25) is 4.79 Å². The molecule has 4 heteroatoms. The molecule has 0 aliphatic heterocycles. The number of benzene rings is 1. The molecule has 0 aromatic heterocycles. The third kappa shape index (κ3) is 2.96. The van der Waals surface area contributed by atoms with Crippen LogP contribution in [-0.2, 0) is 15.1 Å². The van der Waals surface area contributed by atoms with E-state index in [2.05, 4.69) is 0 Å². The van der Waals surface area contributed by atoms with E-state index < -0.39 is 5.60 Å². The van der Waals surface area contributed by atoms with Crippen molar-refractivity contribution in [3.63, 3.8) is 0 Å². The zero-order valence-corrected chi connectivity index (χ0v) is 12.1. The maximum absolute atomic E-state index is 11.7. The van der Waals surface area contributed by atoms with Crippen molar-refractivity contribution in [1.82, 2.24) is 0 Å². The maximum Gasteiger partial charge on any atom is 0.308 e.